The van der Waals surface area contributed by atoms with Crippen molar-refractivity contribution in [2.45, 2.75) is 25.6 Å². The summed E-state index contributed by atoms with van der Waals surface area (Å²) in [5, 5.41) is -0.0607. The van der Waals surface area contributed by atoms with E-state index in [1.165, 1.54) is 11.1 Å². The lowest BCUT2D eigenvalue weighted by atomic mass is 10.0. The molecular formula is C15H15BrClN. The lowest BCUT2D eigenvalue weighted by Gasteiger charge is -2.13. The highest BCUT2D eigenvalue weighted by molar-refractivity contribution is 9.10. The smallest absolute Gasteiger partial charge is 0.0651 e. The van der Waals surface area contributed by atoms with E-state index in [9.17, 15) is 0 Å². The van der Waals surface area contributed by atoms with E-state index in [1.807, 2.05) is 25.3 Å². The van der Waals surface area contributed by atoms with Crippen LogP contribution in [0.25, 0.3) is 0 Å². The molecule has 0 fully saturated rings. The summed E-state index contributed by atoms with van der Waals surface area (Å²) in [7, 11) is 0. The second-order valence-corrected chi connectivity index (χ2v) is 5.80. The first-order chi connectivity index (χ1) is 8.58. The Bertz CT molecular complexity index is 537. The van der Waals surface area contributed by atoms with Crippen molar-refractivity contribution in [1.82, 2.24) is 4.98 Å². The zero-order valence-electron chi connectivity index (χ0n) is 10.5. The number of hydrogen-bond donors (Lipinski definition) is 0. The Morgan fingerprint density at radius 3 is 2.67 bits per heavy atom. The van der Waals surface area contributed by atoms with Gasteiger partial charge in [-0.1, -0.05) is 40.2 Å². The summed E-state index contributed by atoms with van der Waals surface area (Å²) < 4.78 is 1.09. The van der Waals surface area contributed by atoms with Crippen LogP contribution in [0.5, 0.6) is 0 Å². The lowest BCUT2D eigenvalue weighted by Crippen LogP contribution is -2.00. The van der Waals surface area contributed by atoms with Gasteiger partial charge < -0.3 is 0 Å². The van der Waals surface area contributed by atoms with Crippen molar-refractivity contribution in [3.8, 4) is 0 Å². The second-order valence-electron chi connectivity index (χ2n) is 4.48. The maximum atomic E-state index is 6.49. The predicted octanol–water partition coefficient (Wildman–Crippen LogP) is 4.98. The van der Waals surface area contributed by atoms with Crippen molar-refractivity contribution in [2.24, 2.45) is 0 Å². The molecule has 0 amide bonds. The molecule has 1 nitrogen and oxygen atoms in total. The monoisotopic (exact) mass is 323 g/mol. The van der Waals surface area contributed by atoms with E-state index in [0.717, 1.165) is 22.2 Å². The molecule has 1 unspecified atom stereocenters. The van der Waals surface area contributed by atoms with Gasteiger partial charge in [-0.05, 0) is 36.6 Å². The molecule has 0 saturated heterocycles. The minimum atomic E-state index is -0.0607. The van der Waals surface area contributed by atoms with Crippen molar-refractivity contribution in [2.75, 3.05) is 0 Å². The predicted molar refractivity (Wildman–Crippen MR) is 80.2 cm³/mol. The molecule has 0 N–H and O–H groups in total. The van der Waals surface area contributed by atoms with Gasteiger partial charge in [0.1, 0.15) is 0 Å². The highest BCUT2D eigenvalue weighted by Gasteiger charge is 2.13. The summed E-state index contributed by atoms with van der Waals surface area (Å²) in [6.07, 6.45) is 2.62. The minimum absolute atomic E-state index is 0.0607. The number of aromatic nitrogens is 1. The maximum Gasteiger partial charge on any atom is 0.0651 e. The van der Waals surface area contributed by atoms with Crippen LogP contribution >= 0.6 is 27.5 Å². The number of benzene rings is 1. The minimum Gasteiger partial charge on any atom is -0.261 e. The molecule has 18 heavy (non-hydrogen) atoms. The van der Waals surface area contributed by atoms with Crippen molar-refractivity contribution in [3.63, 3.8) is 0 Å². The lowest BCUT2D eigenvalue weighted by molar-refractivity contribution is 0.873. The van der Waals surface area contributed by atoms with Gasteiger partial charge in [0.25, 0.3) is 0 Å². The van der Waals surface area contributed by atoms with Crippen LogP contribution in [0.4, 0.5) is 0 Å². The average Bonchev–Trinajstić information content (AvgIpc) is 2.35. The normalized spacial score (nSPS) is 12.4. The molecule has 0 aliphatic rings. The number of halogens is 2. The standard InChI is InChI=1S/C15H15BrClN/c1-10-6-7-12(18-9-10)8-14(17)13-5-3-4-11(2)15(13)16/h3-7,9,14H,8H2,1-2H3. The van der Waals surface area contributed by atoms with Crippen molar-refractivity contribution in [3.05, 3.63) is 63.4 Å². The van der Waals surface area contributed by atoms with Gasteiger partial charge in [0, 0.05) is 22.8 Å². The van der Waals surface area contributed by atoms with Gasteiger partial charge in [-0.15, -0.1) is 11.6 Å². The van der Waals surface area contributed by atoms with Gasteiger partial charge in [0.2, 0.25) is 0 Å². The summed E-state index contributed by atoms with van der Waals surface area (Å²) in [6.45, 7) is 4.10. The summed E-state index contributed by atoms with van der Waals surface area (Å²) in [6, 6.07) is 10.3. The van der Waals surface area contributed by atoms with E-state index in [0.29, 0.717) is 0 Å². The first-order valence-corrected chi connectivity index (χ1v) is 7.11. The van der Waals surface area contributed by atoms with E-state index in [-0.39, 0.29) is 5.38 Å². The molecule has 2 rings (SSSR count). The van der Waals surface area contributed by atoms with Crippen LogP contribution in [0.15, 0.2) is 41.0 Å². The van der Waals surface area contributed by atoms with E-state index in [4.69, 9.17) is 11.6 Å². The SMILES string of the molecule is Cc1ccc(CC(Cl)c2cccc(C)c2Br)nc1. The molecule has 0 bridgehead atoms. The molecule has 1 atom stereocenters. The van der Waals surface area contributed by atoms with Crippen LogP contribution in [0.2, 0.25) is 0 Å². The topological polar surface area (TPSA) is 12.9 Å². The number of nitrogens with zero attached hydrogens (tertiary/aromatic N) is 1. The van der Waals surface area contributed by atoms with Crippen LogP contribution in [-0.4, -0.2) is 4.98 Å². The van der Waals surface area contributed by atoms with E-state index < -0.39 is 0 Å². The molecule has 3 heteroatoms. The average molecular weight is 325 g/mol. The molecule has 0 saturated carbocycles. The van der Waals surface area contributed by atoms with Crippen LogP contribution in [-0.2, 0) is 6.42 Å². The molecule has 0 spiro atoms. The molecule has 1 heterocycles. The Morgan fingerprint density at radius 2 is 2.00 bits per heavy atom. The third-order valence-electron chi connectivity index (χ3n) is 2.92. The van der Waals surface area contributed by atoms with E-state index in [2.05, 4.69) is 46.0 Å². The molecule has 0 aliphatic carbocycles. The number of hydrogen-bond acceptors (Lipinski definition) is 1. The number of pyridine rings is 1. The van der Waals surface area contributed by atoms with Gasteiger partial charge in [0.15, 0.2) is 0 Å². The summed E-state index contributed by atoms with van der Waals surface area (Å²) in [5.41, 5.74) is 4.52. The highest BCUT2D eigenvalue weighted by atomic mass is 79.9. The van der Waals surface area contributed by atoms with Gasteiger partial charge in [-0.3, -0.25) is 4.98 Å². The third kappa shape index (κ3) is 3.12. The molecule has 1 aromatic heterocycles. The second kappa shape index (κ2) is 5.85. The fourth-order valence-corrected chi connectivity index (χ4v) is 2.84. The van der Waals surface area contributed by atoms with Crippen molar-refractivity contribution < 1.29 is 0 Å². The Balaban J connectivity index is 2.19. The van der Waals surface area contributed by atoms with Gasteiger partial charge in [-0.25, -0.2) is 0 Å². The summed E-state index contributed by atoms with van der Waals surface area (Å²) >= 11 is 10.1. The Labute approximate surface area is 121 Å². The van der Waals surface area contributed by atoms with Crippen LogP contribution in [0.3, 0.4) is 0 Å². The van der Waals surface area contributed by atoms with Gasteiger partial charge in [-0.2, -0.15) is 0 Å². The molecule has 2 aromatic rings. The molecular weight excluding hydrogens is 310 g/mol. The van der Waals surface area contributed by atoms with Gasteiger partial charge >= 0.3 is 0 Å². The Hall–Kier alpha value is -0.860. The Kier molecular flexibility index (Phi) is 4.41. The number of alkyl halides is 1. The first kappa shape index (κ1) is 13.6. The number of aryl methyl sites for hydroxylation is 2. The third-order valence-corrected chi connectivity index (χ3v) is 4.39. The molecule has 0 radical (unpaired) electrons. The zero-order chi connectivity index (χ0) is 13.1. The van der Waals surface area contributed by atoms with Crippen LogP contribution < -0.4 is 0 Å². The largest absolute Gasteiger partial charge is 0.261 e. The van der Waals surface area contributed by atoms with Crippen molar-refractivity contribution >= 4 is 27.5 Å². The summed E-state index contributed by atoms with van der Waals surface area (Å²) in [4.78, 5) is 4.40. The number of rotatable bonds is 3. The van der Waals surface area contributed by atoms with Crippen LogP contribution in [0, 0.1) is 13.8 Å². The Morgan fingerprint density at radius 1 is 1.22 bits per heavy atom. The summed E-state index contributed by atoms with van der Waals surface area (Å²) in [5.74, 6) is 0. The zero-order valence-corrected chi connectivity index (χ0v) is 12.8. The fraction of sp³-hybridized carbons (Fsp3) is 0.267. The highest BCUT2D eigenvalue weighted by Crippen LogP contribution is 2.32. The first-order valence-electron chi connectivity index (χ1n) is 5.88. The van der Waals surface area contributed by atoms with Gasteiger partial charge in [0.05, 0.1) is 5.38 Å². The van der Waals surface area contributed by atoms with E-state index >= 15 is 0 Å². The molecule has 94 valence electrons. The van der Waals surface area contributed by atoms with Crippen LogP contribution in [0.1, 0.15) is 27.8 Å². The fourth-order valence-electron chi connectivity index (χ4n) is 1.82. The van der Waals surface area contributed by atoms with Crippen molar-refractivity contribution in [1.29, 1.82) is 0 Å². The molecule has 1 aromatic carbocycles. The van der Waals surface area contributed by atoms with E-state index in [1.54, 1.807) is 0 Å². The quantitative estimate of drug-likeness (QED) is 0.725. The maximum absolute atomic E-state index is 6.49. The molecule has 0 aliphatic heterocycles.